The molecule has 0 saturated carbocycles. The van der Waals surface area contributed by atoms with Gasteiger partial charge in [0.2, 0.25) is 0 Å². The van der Waals surface area contributed by atoms with Gasteiger partial charge in [-0.05, 0) is 48.0 Å². The summed E-state index contributed by atoms with van der Waals surface area (Å²) in [6, 6.07) is 15.7. The third-order valence-corrected chi connectivity index (χ3v) is 5.04. The minimum atomic E-state index is -0.0683. The van der Waals surface area contributed by atoms with Gasteiger partial charge in [0.1, 0.15) is 0 Å². The predicted octanol–water partition coefficient (Wildman–Crippen LogP) is 2.68. The van der Waals surface area contributed by atoms with Crippen molar-refractivity contribution in [1.29, 1.82) is 0 Å². The molecule has 28 heavy (non-hydrogen) atoms. The number of ether oxygens (including phenoxy) is 1. The molecule has 4 rings (SSSR count). The average molecular weight is 376 g/mol. The fraction of sp³-hybridized carbons (Fsp3) is 0.273. The molecule has 0 spiro atoms. The fourth-order valence-corrected chi connectivity index (χ4v) is 3.50. The molecule has 1 amide bonds. The van der Waals surface area contributed by atoms with Gasteiger partial charge in [0.15, 0.2) is 0 Å². The van der Waals surface area contributed by atoms with Crippen molar-refractivity contribution in [3.05, 3.63) is 84.4 Å². The maximum atomic E-state index is 12.7. The molecule has 3 heterocycles. The second-order valence-electron chi connectivity index (χ2n) is 6.80. The molecule has 1 fully saturated rings. The third kappa shape index (κ3) is 4.30. The Morgan fingerprint density at radius 3 is 2.50 bits per heavy atom. The number of rotatable bonds is 6. The number of benzene rings is 1. The highest BCUT2D eigenvalue weighted by molar-refractivity contribution is 5.94. The number of aromatic nitrogens is 2. The molecule has 1 saturated heterocycles. The fourth-order valence-electron chi connectivity index (χ4n) is 3.50. The summed E-state index contributed by atoms with van der Waals surface area (Å²) in [5, 5.41) is 3.09. The second kappa shape index (κ2) is 8.82. The van der Waals surface area contributed by atoms with Crippen molar-refractivity contribution in [1.82, 2.24) is 19.8 Å². The van der Waals surface area contributed by atoms with Gasteiger partial charge in [-0.25, -0.2) is 0 Å². The Morgan fingerprint density at radius 1 is 1.07 bits per heavy atom. The van der Waals surface area contributed by atoms with Gasteiger partial charge in [0, 0.05) is 55.7 Å². The van der Waals surface area contributed by atoms with E-state index in [0.29, 0.717) is 25.3 Å². The summed E-state index contributed by atoms with van der Waals surface area (Å²) in [6.07, 6.45) is 7.61. The van der Waals surface area contributed by atoms with E-state index in [9.17, 15) is 4.79 Å². The Morgan fingerprint density at radius 2 is 1.82 bits per heavy atom. The van der Waals surface area contributed by atoms with Gasteiger partial charge < -0.3 is 14.6 Å². The van der Waals surface area contributed by atoms with Crippen molar-refractivity contribution in [3.63, 3.8) is 0 Å². The average Bonchev–Trinajstić information content (AvgIpc) is 3.30. The summed E-state index contributed by atoms with van der Waals surface area (Å²) >= 11 is 0. The van der Waals surface area contributed by atoms with Crippen LogP contribution in [0.2, 0.25) is 0 Å². The molecule has 0 aliphatic carbocycles. The van der Waals surface area contributed by atoms with Crippen molar-refractivity contribution in [2.24, 2.45) is 0 Å². The maximum absolute atomic E-state index is 12.7. The Bertz CT molecular complexity index is 873. The van der Waals surface area contributed by atoms with Crippen molar-refractivity contribution >= 4 is 5.91 Å². The van der Waals surface area contributed by atoms with Crippen LogP contribution in [-0.4, -0.2) is 53.2 Å². The summed E-state index contributed by atoms with van der Waals surface area (Å²) in [6.45, 7) is 3.66. The van der Waals surface area contributed by atoms with Gasteiger partial charge in [0.05, 0.1) is 19.3 Å². The molecule has 0 radical (unpaired) electrons. The van der Waals surface area contributed by atoms with Crippen molar-refractivity contribution in [3.8, 4) is 5.69 Å². The monoisotopic (exact) mass is 376 g/mol. The maximum Gasteiger partial charge on any atom is 0.251 e. The predicted molar refractivity (Wildman–Crippen MR) is 107 cm³/mol. The van der Waals surface area contributed by atoms with Crippen LogP contribution in [0, 0.1) is 0 Å². The molecule has 144 valence electrons. The summed E-state index contributed by atoms with van der Waals surface area (Å²) < 4.78 is 7.49. The van der Waals surface area contributed by atoms with Crippen molar-refractivity contribution in [2.75, 3.05) is 32.8 Å². The van der Waals surface area contributed by atoms with Crippen molar-refractivity contribution in [2.45, 2.75) is 6.04 Å². The lowest BCUT2D eigenvalue weighted by atomic mass is 10.1. The van der Waals surface area contributed by atoms with Crippen LogP contribution in [0.25, 0.3) is 5.69 Å². The second-order valence-corrected chi connectivity index (χ2v) is 6.80. The van der Waals surface area contributed by atoms with Crippen molar-refractivity contribution < 1.29 is 9.53 Å². The van der Waals surface area contributed by atoms with Gasteiger partial charge in [-0.15, -0.1) is 0 Å². The number of pyridine rings is 1. The van der Waals surface area contributed by atoms with Crippen LogP contribution in [0.15, 0.2) is 73.3 Å². The van der Waals surface area contributed by atoms with E-state index in [4.69, 9.17) is 4.74 Å². The summed E-state index contributed by atoms with van der Waals surface area (Å²) in [7, 11) is 0. The molecule has 6 heteroatoms. The van der Waals surface area contributed by atoms with Gasteiger partial charge in [0.25, 0.3) is 5.91 Å². The minimum Gasteiger partial charge on any atom is -0.379 e. The van der Waals surface area contributed by atoms with Crippen LogP contribution < -0.4 is 5.32 Å². The molecule has 1 aliphatic rings. The number of hydrogen-bond acceptors (Lipinski definition) is 4. The molecule has 1 aliphatic heterocycles. The number of nitrogens with zero attached hydrogens (tertiary/aromatic N) is 3. The Kier molecular flexibility index (Phi) is 5.80. The van der Waals surface area contributed by atoms with E-state index < -0.39 is 0 Å². The molecule has 1 unspecified atom stereocenters. The van der Waals surface area contributed by atoms with Gasteiger partial charge >= 0.3 is 0 Å². The lowest BCUT2D eigenvalue weighted by molar-refractivity contribution is 0.0161. The Balaban J connectivity index is 1.43. The SMILES string of the molecule is O=C(NCC(c1cccnc1)N1CCOCC1)c1ccc(-n2cccc2)cc1. The minimum absolute atomic E-state index is 0.0683. The first kappa shape index (κ1) is 18.4. The molecule has 1 atom stereocenters. The van der Waals surface area contributed by atoms with E-state index in [2.05, 4.69) is 21.3 Å². The Hall–Kier alpha value is -2.96. The first-order valence-electron chi connectivity index (χ1n) is 9.54. The number of carbonyl (C=O) groups excluding carboxylic acids is 1. The van der Waals surface area contributed by atoms with E-state index in [1.165, 1.54) is 0 Å². The molecule has 2 aromatic heterocycles. The van der Waals surface area contributed by atoms with E-state index in [1.54, 1.807) is 6.20 Å². The van der Waals surface area contributed by atoms with Crippen LogP contribution >= 0.6 is 0 Å². The summed E-state index contributed by atoms with van der Waals surface area (Å²) in [4.78, 5) is 19.3. The third-order valence-electron chi connectivity index (χ3n) is 5.04. The van der Waals surface area contributed by atoms with E-state index >= 15 is 0 Å². The number of carbonyl (C=O) groups is 1. The van der Waals surface area contributed by atoms with Crippen LogP contribution in [-0.2, 0) is 4.74 Å². The van der Waals surface area contributed by atoms with Crippen LogP contribution in [0.5, 0.6) is 0 Å². The normalized spacial score (nSPS) is 15.9. The van der Waals surface area contributed by atoms with Crippen LogP contribution in [0.3, 0.4) is 0 Å². The van der Waals surface area contributed by atoms with E-state index in [-0.39, 0.29) is 11.9 Å². The highest BCUT2D eigenvalue weighted by Gasteiger charge is 2.23. The zero-order chi connectivity index (χ0) is 19.2. The first-order valence-corrected chi connectivity index (χ1v) is 9.54. The number of amides is 1. The number of nitrogens with one attached hydrogen (secondary N) is 1. The van der Waals surface area contributed by atoms with E-state index in [1.807, 2.05) is 65.6 Å². The molecule has 0 bridgehead atoms. The van der Waals surface area contributed by atoms with Crippen LogP contribution in [0.1, 0.15) is 22.0 Å². The van der Waals surface area contributed by atoms with E-state index in [0.717, 1.165) is 24.3 Å². The lowest BCUT2D eigenvalue weighted by Gasteiger charge is -2.34. The molecular formula is C22H24N4O2. The molecule has 3 aromatic rings. The molecule has 6 nitrogen and oxygen atoms in total. The van der Waals surface area contributed by atoms with Gasteiger partial charge in [-0.2, -0.15) is 0 Å². The summed E-state index contributed by atoms with van der Waals surface area (Å²) in [5.74, 6) is -0.0683. The zero-order valence-corrected chi connectivity index (χ0v) is 15.7. The highest BCUT2D eigenvalue weighted by atomic mass is 16.5. The Labute approximate surface area is 164 Å². The highest BCUT2D eigenvalue weighted by Crippen LogP contribution is 2.20. The number of morpholine rings is 1. The standard InChI is InChI=1S/C22H24N4O2/c27-22(18-5-7-20(8-6-18)25-10-1-2-11-25)24-17-21(19-4-3-9-23-16-19)26-12-14-28-15-13-26/h1-11,16,21H,12-15,17H2,(H,24,27). The largest absolute Gasteiger partial charge is 0.379 e. The van der Waals surface area contributed by atoms with Gasteiger partial charge in [-0.1, -0.05) is 6.07 Å². The molecule has 1 aromatic carbocycles. The topological polar surface area (TPSA) is 59.4 Å². The summed E-state index contributed by atoms with van der Waals surface area (Å²) in [5.41, 5.74) is 2.79. The van der Waals surface area contributed by atoms with Crippen LogP contribution in [0.4, 0.5) is 0 Å². The number of hydrogen-bond donors (Lipinski definition) is 1. The quantitative estimate of drug-likeness (QED) is 0.719. The smallest absolute Gasteiger partial charge is 0.251 e. The molecular weight excluding hydrogens is 352 g/mol. The first-order chi connectivity index (χ1) is 13.8. The lowest BCUT2D eigenvalue weighted by Crippen LogP contribution is -2.43. The molecule has 1 N–H and O–H groups in total. The zero-order valence-electron chi connectivity index (χ0n) is 15.7. The van der Waals surface area contributed by atoms with Gasteiger partial charge in [-0.3, -0.25) is 14.7 Å².